The smallest absolute Gasteiger partial charge is 0.311 e. The van der Waals surface area contributed by atoms with Crippen LogP contribution in [0, 0.1) is 0 Å². The molecule has 0 spiro atoms. The van der Waals surface area contributed by atoms with Crippen LogP contribution in [0.2, 0.25) is 0 Å². The van der Waals surface area contributed by atoms with Crippen LogP contribution in [0.3, 0.4) is 0 Å². The fourth-order valence-electron chi connectivity index (χ4n) is 3.04. The maximum absolute atomic E-state index is 12.8. The summed E-state index contributed by atoms with van der Waals surface area (Å²) < 4.78 is 22.8. The quantitative estimate of drug-likeness (QED) is 0.362. The van der Waals surface area contributed by atoms with Crippen molar-refractivity contribution in [1.82, 2.24) is 9.55 Å². The summed E-state index contributed by atoms with van der Waals surface area (Å²) in [6.45, 7) is 3.02. The van der Waals surface area contributed by atoms with Gasteiger partial charge < -0.3 is 18.9 Å². The predicted octanol–water partition coefficient (Wildman–Crippen LogP) is 3.59. The van der Waals surface area contributed by atoms with E-state index < -0.39 is 0 Å². The molecule has 0 aliphatic carbocycles. The van der Waals surface area contributed by atoms with Gasteiger partial charge in [0.05, 0.1) is 38.1 Å². The first-order valence-electron chi connectivity index (χ1n) is 10.1. The number of methoxy groups -OCH3 is 2. The topological polar surface area (TPSA) is 88.9 Å². The molecule has 8 nitrogen and oxygen atoms in total. The van der Waals surface area contributed by atoms with E-state index in [9.17, 15) is 9.59 Å². The Labute approximate surface area is 180 Å². The molecule has 1 aromatic heterocycles. The average Bonchev–Trinajstić information content (AvgIpc) is 2.79. The van der Waals surface area contributed by atoms with E-state index in [-0.39, 0.29) is 17.9 Å². The van der Waals surface area contributed by atoms with E-state index >= 15 is 0 Å². The summed E-state index contributed by atoms with van der Waals surface area (Å²) in [4.78, 5) is 29.2. The number of benzene rings is 2. The number of rotatable bonds is 10. The molecule has 0 saturated carbocycles. The van der Waals surface area contributed by atoms with Crippen LogP contribution >= 0.6 is 0 Å². The summed E-state index contributed by atoms with van der Waals surface area (Å²) in [5, 5.41) is 0.424. The molecule has 0 N–H and O–H groups in total. The number of fused-ring (bicyclic) bond motifs is 1. The van der Waals surface area contributed by atoms with Crippen LogP contribution < -0.4 is 24.5 Å². The van der Waals surface area contributed by atoms with Gasteiger partial charge in [-0.25, -0.2) is 4.98 Å². The molecule has 0 atom stereocenters. The zero-order valence-electron chi connectivity index (χ0n) is 17.9. The molecule has 0 unspecified atom stereocenters. The second-order valence-corrected chi connectivity index (χ2v) is 6.86. The van der Waals surface area contributed by atoms with Crippen molar-refractivity contribution >= 4 is 16.9 Å². The molecule has 31 heavy (non-hydrogen) atoms. The molecule has 164 valence electrons. The Hall–Kier alpha value is -3.55. The monoisotopic (exact) mass is 426 g/mol. The number of esters is 1. The minimum atomic E-state index is -0.365. The van der Waals surface area contributed by atoms with Gasteiger partial charge in [-0.3, -0.25) is 14.2 Å². The van der Waals surface area contributed by atoms with Crippen molar-refractivity contribution in [3.8, 4) is 23.0 Å². The van der Waals surface area contributed by atoms with Gasteiger partial charge >= 0.3 is 5.97 Å². The van der Waals surface area contributed by atoms with Crippen LogP contribution in [0.25, 0.3) is 10.9 Å². The number of nitrogens with zero attached hydrogens (tertiary/aromatic N) is 2. The number of aromatic nitrogens is 2. The lowest BCUT2D eigenvalue weighted by Crippen LogP contribution is -2.21. The van der Waals surface area contributed by atoms with Crippen LogP contribution in [0.15, 0.2) is 47.5 Å². The van der Waals surface area contributed by atoms with Crippen molar-refractivity contribution in [2.75, 3.05) is 20.8 Å². The summed E-state index contributed by atoms with van der Waals surface area (Å²) in [6.07, 6.45) is 3.01. The second kappa shape index (κ2) is 10.5. The van der Waals surface area contributed by atoms with E-state index in [1.54, 1.807) is 36.4 Å². The van der Waals surface area contributed by atoms with Crippen LogP contribution in [0.5, 0.6) is 23.0 Å². The van der Waals surface area contributed by atoms with Gasteiger partial charge in [0.1, 0.15) is 11.5 Å². The third kappa shape index (κ3) is 5.53. The minimum Gasteiger partial charge on any atom is -0.494 e. The fraction of sp³-hybridized carbons (Fsp3) is 0.348. The third-order valence-corrected chi connectivity index (χ3v) is 4.64. The molecule has 0 fully saturated rings. The predicted molar refractivity (Wildman–Crippen MR) is 116 cm³/mol. The lowest BCUT2D eigenvalue weighted by molar-refractivity contribution is -0.134. The Morgan fingerprint density at radius 2 is 1.71 bits per heavy atom. The number of aryl methyl sites for hydroxylation is 1. The van der Waals surface area contributed by atoms with E-state index in [0.717, 1.165) is 12.2 Å². The van der Waals surface area contributed by atoms with Crippen LogP contribution in [-0.2, 0) is 11.3 Å². The summed E-state index contributed by atoms with van der Waals surface area (Å²) in [5.74, 6) is 1.79. The highest BCUT2D eigenvalue weighted by Gasteiger charge is 2.12. The highest BCUT2D eigenvalue weighted by molar-refractivity contribution is 5.81. The second-order valence-electron chi connectivity index (χ2n) is 6.86. The molecule has 0 amide bonds. The minimum absolute atomic E-state index is 0.171. The van der Waals surface area contributed by atoms with Gasteiger partial charge in [0, 0.05) is 19.0 Å². The highest BCUT2D eigenvalue weighted by Crippen LogP contribution is 2.29. The number of hydrogen-bond donors (Lipinski definition) is 0. The Kier molecular flexibility index (Phi) is 7.48. The number of carbonyl (C=O) groups excluding carboxylic acids is 1. The zero-order valence-corrected chi connectivity index (χ0v) is 17.9. The molecule has 3 rings (SSSR count). The summed E-state index contributed by atoms with van der Waals surface area (Å²) >= 11 is 0. The normalized spacial score (nSPS) is 10.7. The Morgan fingerprint density at radius 3 is 2.39 bits per heavy atom. The maximum atomic E-state index is 12.8. The highest BCUT2D eigenvalue weighted by atomic mass is 16.5. The molecule has 0 saturated heterocycles. The molecule has 0 aliphatic heterocycles. The molecular formula is C23H26N2O6. The van der Waals surface area contributed by atoms with Crippen molar-refractivity contribution in [2.24, 2.45) is 0 Å². The molecule has 0 radical (unpaired) electrons. The van der Waals surface area contributed by atoms with E-state index in [1.165, 1.54) is 25.1 Å². The van der Waals surface area contributed by atoms with Crippen molar-refractivity contribution in [2.45, 2.75) is 32.7 Å². The Morgan fingerprint density at radius 1 is 1.03 bits per heavy atom. The van der Waals surface area contributed by atoms with Crippen molar-refractivity contribution in [3.63, 3.8) is 0 Å². The molecule has 2 aromatic carbocycles. The molecule has 1 heterocycles. The van der Waals surface area contributed by atoms with Gasteiger partial charge in [0.15, 0.2) is 11.5 Å². The summed E-state index contributed by atoms with van der Waals surface area (Å²) in [6, 6.07) is 10.2. The van der Waals surface area contributed by atoms with Crippen molar-refractivity contribution in [1.29, 1.82) is 0 Å². The van der Waals surface area contributed by atoms with Gasteiger partial charge in [0.25, 0.3) is 5.56 Å². The lowest BCUT2D eigenvalue weighted by atomic mass is 10.2. The van der Waals surface area contributed by atoms with Crippen LogP contribution in [0.1, 0.15) is 26.2 Å². The lowest BCUT2D eigenvalue weighted by Gasteiger charge is -2.10. The molecular weight excluding hydrogens is 400 g/mol. The number of carbonyl (C=O) groups is 1. The first kappa shape index (κ1) is 22.1. The first-order chi connectivity index (χ1) is 15.0. The van der Waals surface area contributed by atoms with E-state index in [0.29, 0.717) is 47.7 Å². The Balaban J connectivity index is 1.59. The molecule has 0 aliphatic rings. The van der Waals surface area contributed by atoms with Gasteiger partial charge in [-0.2, -0.15) is 0 Å². The van der Waals surface area contributed by atoms with Crippen LogP contribution in [0.4, 0.5) is 0 Å². The van der Waals surface area contributed by atoms with Gasteiger partial charge in [-0.05, 0) is 43.2 Å². The number of ether oxygens (including phenoxy) is 4. The zero-order chi connectivity index (χ0) is 22.2. The van der Waals surface area contributed by atoms with Crippen molar-refractivity contribution in [3.05, 3.63) is 53.1 Å². The number of hydrogen-bond acceptors (Lipinski definition) is 7. The van der Waals surface area contributed by atoms with E-state index in [4.69, 9.17) is 18.9 Å². The fourth-order valence-corrected chi connectivity index (χ4v) is 3.04. The molecule has 0 bridgehead atoms. The van der Waals surface area contributed by atoms with E-state index in [2.05, 4.69) is 4.98 Å². The Bertz CT molecular complexity index is 1090. The van der Waals surface area contributed by atoms with Gasteiger partial charge in [-0.1, -0.05) is 6.92 Å². The first-order valence-corrected chi connectivity index (χ1v) is 10.1. The summed E-state index contributed by atoms with van der Waals surface area (Å²) in [5.41, 5.74) is 0.312. The summed E-state index contributed by atoms with van der Waals surface area (Å²) in [7, 11) is 3.04. The third-order valence-electron chi connectivity index (χ3n) is 4.64. The molecule has 8 heteroatoms. The molecule has 3 aromatic rings. The SMILES string of the molecule is CCCOc1ccc(OC(=O)CCCn2cnc3cc(OC)c(OC)cc3c2=O)cc1. The van der Waals surface area contributed by atoms with E-state index in [1.807, 2.05) is 6.92 Å². The van der Waals surface area contributed by atoms with Crippen LogP contribution in [-0.4, -0.2) is 36.3 Å². The van der Waals surface area contributed by atoms with Gasteiger partial charge in [-0.15, -0.1) is 0 Å². The maximum Gasteiger partial charge on any atom is 0.311 e. The van der Waals surface area contributed by atoms with Crippen molar-refractivity contribution < 1.29 is 23.7 Å². The largest absolute Gasteiger partial charge is 0.494 e. The average molecular weight is 426 g/mol. The standard InChI is InChI=1S/C23H26N2O6/c1-4-12-30-16-7-9-17(10-8-16)31-22(26)6-5-11-25-15-24-19-14-21(29-3)20(28-2)13-18(19)23(25)27/h7-10,13-15H,4-6,11-12H2,1-3H3. The van der Waals surface area contributed by atoms with Gasteiger partial charge in [0.2, 0.25) is 0 Å².